The number of esters is 2. The molecule has 0 aliphatic carbocycles. The number of aromatic carboxylic acids is 1. The Morgan fingerprint density at radius 2 is 0.575 bits per heavy atom. The lowest BCUT2D eigenvalue weighted by Gasteiger charge is -2.35. The molecule has 19 rings (SSSR count). The van der Waals surface area contributed by atoms with E-state index in [0.717, 1.165) is 205 Å². The number of nitrogens with zero attached hydrogens (tertiary/aromatic N) is 7. The Balaban J connectivity index is 0.000000146. The van der Waals surface area contributed by atoms with E-state index in [0.29, 0.717) is 61.8 Å². The van der Waals surface area contributed by atoms with Gasteiger partial charge in [0.05, 0.1) is 30.9 Å². The lowest BCUT2D eigenvalue weighted by molar-refractivity contribution is 0.0138. The SMILES string of the molecule is C.C.CC(C)(C)OC(=O)N1CCN(Cc2ccc([C@H]3COc4ccccc4O3)cc2)CC1.COC(=O)c1ccc(C=O)cc1.COC(=O)c1ccc(CN2CCN(Cc3ccc([C@H]4COc5ccccc5O4)cc3)CC2)cc1.O=C(O)c1ccc(CN2CCN(Cc3ccc([C@H]4COc5ccccc5O4)cc3)CC2)cc1.c1ccc2c(c1)OC[C@H](c1ccc(CN3CCNCC3)cc1)O2. The maximum atomic E-state index is 12.2. The minimum Gasteiger partial charge on any atom is -0.485 e. The maximum Gasteiger partial charge on any atom is 0.410 e. The first-order valence-corrected chi connectivity index (χ1v) is 45.4. The van der Waals surface area contributed by atoms with E-state index >= 15 is 0 Å². The van der Waals surface area contributed by atoms with Gasteiger partial charge in [-0.2, -0.15) is 0 Å². The number of methoxy groups -OCH3 is 2. The van der Waals surface area contributed by atoms with Gasteiger partial charge in [0, 0.05) is 150 Å². The van der Waals surface area contributed by atoms with Gasteiger partial charge in [-0.25, -0.2) is 19.2 Å². The molecule has 0 unspecified atom stereocenters. The lowest BCUT2D eigenvalue weighted by Crippen LogP contribution is -2.49. The minimum absolute atomic E-state index is 0. The molecular formula is C109H126N8O17. The monoisotopic (exact) mass is 1820 g/mol. The topological polar surface area (TPSA) is 242 Å². The van der Waals surface area contributed by atoms with Gasteiger partial charge in [0.2, 0.25) is 0 Å². The summed E-state index contributed by atoms with van der Waals surface area (Å²) in [6.07, 6.45) is 0.226. The number of ether oxygens (including phenoxy) is 11. The number of carbonyl (C=O) groups is 5. The molecule has 0 aromatic heterocycles. The van der Waals surface area contributed by atoms with E-state index in [9.17, 15) is 24.0 Å². The highest BCUT2D eigenvalue weighted by atomic mass is 16.6. The molecule has 2 N–H and O–H groups in total. The normalized spacial score (nSPS) is 18.1. The zero-order valence-electron chi connectivity index (χ0n) is 75.8. The van der Waals surface area contributed by atoms with Crippen LogP contribution in [0, 0.1) is 0 Å². The summed E-state index contributed by atoms with van der Waals surface area (Å²) >= 11 is 0. The number of fused-ring (bicyclic) bond motifs is 4. The molecule has 0 saturated carbocycles. The van der Waals surface area contributed by atoms with E-state index in [4.69, 9.17) is 52.5 Å². The molecule has 4 atom stereocenters. The molecule has 25 nitrogen and oxygen atoms in total. The van der Waals surface area contributed by atoms with Crippen molar-refractivity contribution in [3.63, 3.8) is 0 Å². The van der Waals surface area contributed by atoms with Crippen LogP contribution in [-0.4, -0.2) is 221 Å². The number of carboxylic acids is 1. The van der Waals surface area contributed by atoms with E-state index in [1.807, 2.05) is 154 Å². The first-order valence-electron chi connectivity index (χ1n) is 45.4. The van der Waals surface area contributed by atoms with Gasteiger partial charge in [-0.3, -0.25) is 34.2 Å². The van der Waals surface area contributed by atoms with Crippen LogP contribution in [0.1, 0.15) is 157 Å². The third kappa shape index (κ3) is 28.2. The van der Waals surface area contributed by atoms with Crippen molar-refractivity contribution in [3.05, 3.63) is 345 Å². The largest absolute Gasteiger partial charge is 0.485 e. The van der Waals surface area contributed by atoms with Gasteiger partial charge in [-0.15, -0.1) is 0 Å². The molecule has 11 aromatic rings. The predicted molar refractivity (Wildman–Crippen MR) is 517 cm³/mol. The second kappa shape index (κ2) is 48.5. The number of hydrogen-bond acceptors (Lipinski definition) is 23. The summed E-state index contributed by atoms with van der Waals surface area (Å²) in [6, 6.07) is 87.0. The van der Waals surface area contributed by atoms with Crippen LogP contribution in [0.15, 0.2) is 267 Å². The molecule has 1 amide bonds. The van der Waals surface area contributed by atoms with Crippen molar-refractivity contribution < 1.29 is 81.2 Å². The van der Waals surface area contributed by atoms with Crippen LogP contribution in [0.25, 0.3) is 0 Å². The second-order valence-corrected chi connectivity index (χ2v) is 34.7. The van der Waals surface area contributed by atoms with Crippen molar-refractivity contribution >= 4 is 30.3 Å². The number of para-hydroxylation sites is 8. The second-order valence-electron chi connectivity index (χ2n) is 34.7. The lowest BCUT2D eigenvalue weighted by atomic mass is 10.1. The standard InChI is InChI=1S/C28H30N2O4.C27H28N2O4.C24H30N2O4.C19H22N2O2.C9H8O3.2CH4/c1-32-28(31)24-12-8-22(9-13-24)19-30-16-14-29(15-17-30)18-21-6-10-23(11-7-21)27-20-33-25-4-2-3-5-26(25)34-27;30-27(31)23-11-7-21(8-12-23)18-29-15-13-28(14-16-29)17-20-5-9-22(10-6-20)26-19-32-24-3-1-2-4-25(24)33-26;1-24(2,3)30-23(27)26-14-12-25(13-15-26)16-18-8-10-19(11-9-18)22-17-28-20-6-4-5-7-21(20)29-22;1-2-4-18-17(3-1)22-14-19(23-18)16-7-5-15(6-8-16)13-21-11-9-20-10-12-21;1-12-9(11)8-4-2-7(6-10)3-5-8;;/h2-13,27H,14-20H2,1H3;1-12,26H,13-19H2,(H,30,31);4-11,22H,12-17H2,1-3H3;1-8,19-20H,9-14H2;2-6H,1H3;2*1H4/t27-;26-;22-;19-;;;/m1111.../s1. The fraction of sp³-hybridized carbons (Fsp3) is 0.349. The zero-order valence-corrected chi connectivity index (χ0v) is 75.8. The number of aldehydes is 1. The molecule has 11 aromatic carbocycles. The number of nitrogens with one attached hydrogen (secondary N) is 1. The summed E-state index contributed by atoms with van der Waals surface area (Å²) in [6.45, 7) is 29.1. The van der Waals surface area contributed by atoms with Gasteiger partial charge in [0.25, 0.3) is 0 Å². The van der Waals surface area contributed by atoms with Crippen LogP contribution in [0.3, 0.4) is 0 Å². The van der Waals surface area contributed by atoms with Crippen molar-refractivity contribution in [2.75, 3.05) is 145 Å². The molecule has 4 fully saturated rings. The van der Waals surface area contributed by atoms with Crippen LogP contribution in [0.5, 0.6) is 46.0 Å². The van der Waals surface area contributed by atoms with Gasteiger partial charge in [0.15, 0.2) is 70.4 Å². The van der Waals surface area contributed by atoms with Gasteiger partial charge in [0.1, 0.15) is 38.3 Å². The number of carbonyl (C=O) groups excluding carboxylic acids is 4. The molecular weight excluding hydrogens is 1690 g/mol. The Hall–Kier alpha value is -13.1. The Morgan fingerprint density at radius 3 is 0.828 bits per heavy atom. The Bertz CT molecular complexity index is 5540. The Labute approximate surface area is 787 Å². The summed E-state index contributed by atoms with van der Waals surface area (Å²) in [4.78, 5) is 72.5. The fourth-order valence-electron chi connectivity index (χ4n) is 16.6. The number of piperazine rings is 4. The molecule has 134 heavy (non-hydrogen) atoms. The minimum atomic E-state index is -0.881. The number of hydrogen-bond donors (Lipinski definition) is 2. The summed E-state index contributed by atoms with van der Waals surface area (Å²) < 4.78 is 62.5. The van der Waals surface area contributed by atoms with E-state index in [-0.39, 0.29) is 51.3 Å². The van der Waals surface area contributed by atoms with Crippen molar-refractivity contribution in [3.8, 4) is 46.0 Å². The van der Waals surface area contributed by atoms with E-state index in [1.165, 1.54) is 47.6 Å². The molecule has 0 bridgehead atoms. The van der Waals surface area contributed by atoms with Gasteiger partial charge >= 0.3 is 24.0 Å². The highest BCUT2D eigenvalue weighted by molar-refractivity contribution is 5.90. The molecule has 8 aliphatic heterocycles. The molecule has 8 heterocycles. The zero-order chi connectivity index (χ0) is 91.6. The van der Waals surface area contributed by atoms with Crippen molar-refractivity contribution in [2.24, 2.45) is 0 Å². The van der Waals surface area contributed by atoms with Crippen LogP contribution in [0.2, 0.25) is 0 Å². The van der Waals surface area contributed by atoms with E-state index in [1.54, 1.807) is 41.3 Å². The van der Waals surface area contributed by atoms with Crippen LogP contribution < -0.4 is 43.2 Å². The average Bonchev–Trinajstić information content (AvgIpc) is 0.820. The van der Waals surface area contributed by atoms with E-state index < -0.39 is 17.5 Å². The number of amides is 1. The van der Waals surface area contributed by atoms with Crippen LogP contribution in [0.4, 0.5) is 4.79 Å². The Morgan fingerprint density at radius 1 is 0.336 bits per heavy atom. The fourth-order valence-corrected chi connectivity index (χ4v) is 16.6. The first-order chi connectivity index (χ1) is 64.3. The summed E-state index contributed by atoms with van der Waals surface area (Å²) in [7, 11) is 2.72. The summed E-state index contributed by atoms with van der Waals surface area (Å²) in [5, 5.41) is 12.4. The van der Waals surface area contributed by atoms with Crippen molar-refractivity contribution in [1.29, 1.82) is 0 Å². The third-order valence-electron chi connectivity index (χ3n) is 24.1. The molecule has 8 aliphatic rings. The third-order valence-corrected chi connectivity index (χ3v) is 24.1. The van der Waals surface area contributed by atoms with Gasteiger partial charge in [-0.05, 0) is 161 Å². The Kier molecular flexibility index (Phi) is 35.6. The van der Waals surface area contributed by atoms with Crippen LogP contribution in [-0.2, 0) is 53.5 Å². The number of carboxylic acid groups (broad SMARTS) is 1. The number of benzene rings is 11. The summed E-state index contributed by atoms with van der Waals surface area (Å²) in [5.41, 5.74) is 13.6. The quantitative estimate of drug-likeness (QED) is 0.0409. The molecule has 0 spiro atoms. The van der Waals surface area contributed by atoms with Gasteiger partial charge in [-0.1, -0.05) is 197 Å². The van der Waals surface area contributed by atoms with E-state index in [2.05, 4.69) is 137 Å². The van der Waals surface area contributed by atoms with Gasteiger partial charge < -0.3 is 67.4 Å². The first kappa shape index (κ1) is 98.4. The number of rotatable bonds is 20. The highest BCUT2D eigenvalue weighted by Crippen LogP contribution is 2.41. The van der Waals surface area contributed by atoms with Crippen LogP contribution >= 0.6 is 0 Å². The van der Waals surface area contributed by atoms with Crippen molar-refractivity contribution in [1.82, 2.24) is 39.6 Å². The highest BCUT2D eigenvalue weighted by Gasteiger charge is 2.31. The molecule has 25 heteroatoms. The summed E-state index contributed by atoms with van der Waals surface area (Å²) in [5.74, 6) is 4.91. The predicted octanol–water partition coefficient (Wildman–Crippen LogP) is 17.9. The smallest absolute Gasteiger partial charge is 0.410 e. The molecule has 704 valence electrons. The maximum absolute atomic E-state index is 12.2. The average molecular weight is 1820 g/mol. The molecule has 4 saturated heterocycles. The van der Waals surface area contributed by atoms with Crippen molar-refractivity contribution in [2.45, 2.75) is 105 Å². The molecule has 0 radical (unpaired) electrons.